The number of hydrogen-bond donors (Lipinski definition) is 1. The summed E-state index contributed by atoms with van der Waals surface area (Å²) in [5.41, 5.74) is 3.73. The largest absolute Gasteiger partial charge is 0.481 e. The van der Waals surface area contributed by atoms with Gasteiger partial charge in [-0.3, -0.25) is 4.79 Å². The van der Waals surface area contributed by atoms with Crippen molar-refractivity contribution in [1.29, 1.82) is 0 Å². The molecule has 1 saturated heterocycles. The van der Waals surface area contributed by atoms with Crippen LogP contribution in [-0.2, 0) is 14.8 Å². The van der Waals surface area contributed by atoms with Gasteiger partial charge in [-0.05, 0) is 87.6 Å². The minimum Gasteiger partial charge on any atom is -0.481 e. The monoisotopic (exact) mass is 430 g/mol. The van der Waals surface area contributed by atoms with Crippen LogP contribution in [0.2, 0.25) is 0 Å². The van der Waals surface area contributed by atoms with Crippen molar-refractivity contribution in [3.8, 4) is 5.75 Å². The van der Waals surface area contributed by atoms with E-state index in [4.69, 9.17) is 4.74 Å². The van der Waals surface area contributed by atoms with Gasteiger partial charge in [-0.15, -0.1) is 0 Å². The van der Waals surface area contributed by atoms with E-state index in [-0.39, 0.29) is 10.8 Å². The zero-order chi connectivity index (χ0) is 21.9. The molecule has 0 saturated carbocycles. The van der Waals surface area contributed by atoms with Gasteiger partial charge in [0.1, 0.15) is 5.75 Å². The highest BCUT2D eigenvalue weighted by molar-refractivity contribution is 7.89. The first kappa shape index (κ1) is 22.3. The number of nitrogens with zero attached hydrogens (tertiary/aromatic N) is 1. The summed E-state index contributed by atoms with van der Waals surface area (Å²) in [6.07, 6.45) is 2.16. The minimum absolute atomic E-state index is 0.248. The Morgan fingerprint density at radius 1 is 1.03 bits per heavy atom. The number of piperidine rings is 1. The molecular formula is C23H30N2O4S. The molecule has 30 heavy (non-hydrogen) atoms. The first-order chi connectivity index (χ1) is 14.2. The molecule has 7 heteroatoms. The summed E-state index contributed by atoms with van der Waals surface area (Å²) < 4.78 is 32.9. The van der Waals surface area contributed by atoms with Crippen molar-refractivity contribution in [3.63, 3.8) is 0 Å². The zero-order valence-electron chi connectivity index (χ0n) is 18.1. The van der Waals surface area contributed by atoms with Gasteiger partial charge in [-0.25, -0.2) is 8.42 Å². The maximum absolute atomic E-state index is 12.7. The van der Waals surface area contributed by atoms with Crippen LogP contribution in [0.4, 0.5) is 5.69 Å². The third kappa shape index (κ3) is 5.02. The van der Waals surface area contributed by atoms with Crippen molar-refractivity contribution in [3.05, 3.63) is 53.1 Å². The van der Waals surface area contributed by atoms with Gasteiger partial charge in [-0.1, -0.05) is 12.5 Å². The van der Waals surface area contributed by atoms with Crippen LogP contribution in [0.5, 0.6) is 5.75 Å². The van der Waals surface area contributed by atoms with Crippen LogP contribution >= 0.6 is 0 Å². The first-order valence-electron chi connectivity index (χ1n) is 10.3. The van der Waals surface area contributed by atoms with Crippen LogP contribution in [-0.4, -0.2) is 37.8 Å². The number of hydrogen-bond acceptors (Lipinski definition) is 4. The summed E-state index contributed by atoms with van der Waals surface area (Å²) in [5.74, 6) is 0.401. The Morgan fingerprint density at radius 3 is 2.30 bits per heavy atom. The second-order valence-electron chi connectivity index (χ2n) is 7.94. The number of sulfonamides is 1. The fourth-order valence-electron chi connectivity index (χ4n) is 3.58. The van der Waals surface area contributed by atoms with Crippen LogP contribution in [0.3, 0.4) is 0 Å². The molecule has 1 atom stereocenters. The predicted octanol–water partition coefficient (Wildman–Crippen LogP) is 4.19. The maximum Gasteiger partial charge on any atom is 0.265 e. The fraction of sp³-hybridized carbons (Fsp3) is 0.435. The number of benzene rings is 2. The van der Waals surface area contributed by atoms with Crippen molar-refractivity contribution >= 4 is 21.6 Å². The molecule has 1 amide bonds. The highest BCUT2D eigenvalue weighted by atomic mass is 32.2. The van der Waals surface area contributed by atoms with E-state index in [2.05, 4.69) is 11.4 Å². The maximum atomic E-state index is 12.7. The average Bonchev–Trinajstić information content (AvgIpc) is 2.72. The SMILES string of the molecule is Cc1cc(C)c(C)c(O[C@H](C)C(=O)Nc2ccc(S(=O)(=O)N3CCCCC3)cc2)c1. The molecular weight excluding hydrogens is 400 g/mol. The second-order valence-corrected chi connectivity index (χ2v) is 9.88. The summed E-state index contributed by atoms with van der Waals surface area (Å²) >= 11 is 0. The Morgan fingerprint density at radius 2 is 1.67 bits per heavy atom. The summed E-state index contributed by atoms with van der Waals surface area (Å²) in [7, 11) is -3.48. The summed E-state index contributed by atoms with van der Waals surface area (Å²) in [5, 5.41) is 2.80. The lowest BCUT2D eigenvalue weighted by Gasteiger charge is -2.25. The molecule has 2 aromatic rings. The molecule has 0 bridgehead atoms. The number of anilines is 1. The number of amides is 1. The van der Waals surface area contributed by atoms with Gasteiger partial charge >= 0.3 is 0 Å². The van der Waals surface area contributed by atoms with E-state index < -0.39 is 16.1 Å². The van der Waals surface area contributed by atoms with E-state index in [1.165, 1.54) is 4.31 Å². The highest BCUT2D eigenvalue weighted by Gasteiger charge is 2.26. The molecule has 1 aliphatic heterocycles. The smallest absolute Gasteiger partial charge is 0.265 e. The van der Waals surface area contributed by atoms with E-state index in [9.17, 15) is 13.2 Å². The quantitative estimate of drug-likeness (QED) is 0.745. The normalized spacial score (nSPS) is 16.1. The molecule has 0 radical (unpaired) electrons. The molecule has 1 N–H and O–H groups in total. The second kappa shape index (κ2) is 9.18. The summed E-state index contributed by atoms with van der Waals surface area (Å²) in [6.45, 7) is 8.79. The van der Waals surface area contributed by atoms with Crippen molar-refractivity contribution < 1.29 is 17.9 Å². The minimum atomic E-state index is -3.48. The van der Waals surface area contributed by atoms with Crippen molar-refractivity contribution in [2.24, 2.45) is 0 Å². The number of carbonyl (C=O) groups is 1. The van der Waals surface area contributed by atoms with Crippen molar-refractivity contribution in [2.45, 2.75) is 58.0 Å². The van der Waals surface area contributed by atoms with Crippen LogP contribution in [0, 0.1) is 20.8 Å². The molecule has 2 aromatic carbocycles. The average molecular weight is 431 g/mol. The lowest BCUT2D eigenvalue weighted by Crippen LogP contribution is -2.35. The lowest BCUT2D eigenvalue weighted by atomic mass is 10.1. The predicted molar refractivity (Wildman–Crippen MR) is 118 cm³/mol. The van der Waals surface area contributed by atoms with E-state index in [1.54, 1.807) is 31.2 Å². The van der Waals surface area contributed by atoms with Gasteiger partial charge < -0.3 is 10.1 Å². The van der Waals surface area contributed by atoms with Crippen LogP contribution in [0.15, 0.2) is 41.3 Å². The first-order valence-corrected chi connectivity index (χ1v) is 11.8. The Bertz CT molecular complexity index is 1010. The Balaban J connectivity index is 1.65. The Labute approximate surface area is 179 Å². The molecule has 1 heterocycles. The van der Waals surface area contributed by atoms with Crippen LogP contribution in [0.1, 0.15) is 42.9 Å². The van der Waals surface area contributed by atoms with E-state index >= 15 is 0 Å². The Hall–Kier alpha value is -2.38. The fourth-order valence-corrected chi connectivity index (χ4v) is 5.09. The van der Waals surface area contributed by atoms with Gasteiger partial charge in [-0.2, -0.15) is 4.31 Å². The molecule has 3 rings (SSSR count). The van der Waals surface area contributed by atoms with Crippen LogP contribution < -0.4 is 10.1 Å². The highest BCUT2D eigenvalue weighted by Crippen LogP contribution is 2.25. The van der Waals surface area contributed by atoms with E-state index in [1.807, 2.05) is 26.8 Å². The van der Waals surface area contributed by atoms with Crippen molar-refractivity contribution in [1.82, 2.24) is 4.31 Å². The molecule has 1 aliphatic rings. The molecule has 0 aromatic heterocycles. The third-order valence-electron chi connectivity index (χ3n) is 5.51. The van der Waals surface area contributed by atoms with Gasteiger partial charge in [0.2, 0.25) is 10.0 Å². The topological polar surface area (TPSA) is 75.7 Å². The molecule has 1 fully saturated rings. The van der Waals surface area contributed by atoms with Crippen LogP contribution in [0.25, 0.3) is 0 Å². The number of rotatable bonds is 6. The lowest BCUT2D eigenvalue weighted by molar-refractivity contribution is -0.122. The van der Waals surface area contributed by atoms with Gasteiger partial charge in [0, 0.05) is 18.8 Å². The molecule has 0 aliphatic carbocycles. The van der Waals surface area contributed by atoms with Gasteiger partial charge in [0.05, 0.1) is 4.90 Å². The van der Waals surface area contributed by atoms with Gasteiger partial charge in [0.25, 0.3) is 5.91 Å². The number of carbonyl (C=O) groups excluding carboxylic acids is 1. The standard InChI is InChI=1S/C23H30N2O4S/c1-16-14-17(2)18(3)22(15-16)29-19(4)23(26)24-20-8-10-21(11-9-20)30(27,28)25-12-6-5-7-13-25/h8-11,14-15,19H,5-7,12-13H2,1-4H3,(H,24,26)/t19-/m1/s1. The molecule has 0 unspecified atom stereocenters. The third-order valence-corrected chi connectivity index (χ3v) is 7.42. The van der Waals surface area contributed by atoms with Crippen molar-refractivity contribution in [2.75, 3.05) is 18.4 Å². The Kier molecular flexibility index (Phi) is 6.83. The zero-order valence-corrected chi connectivity index (χ0v) is 18.9. The summed E-state index contributed by atoms with van der Waals surface area (Å²) in [4.78, 5) is 12.8. The molecule has 162 valence electrons. The van der Waals surface area contributed by atoms with E-state index in [0.717, 1.165) is 36.0 Å². The number of nitrogens with one attached hydrogen (secondary N) is 1. The van der Waals surface area contributed by atoms with E-state index in [0.29, 0.717) is 24.5 Å². The number of aryl methyl sites for hydroxylation is 2. The summed E-state index contributed by atoms with van der Waals surface area (Å²) in [6, 6.07) is 10.3. The molecule has 0 spiro atoms. The number of ether oxygens (including phenoxy) is 1. The molecule has 6 nitrogen and oxygen atoms in total. The van der Waals surface area contributed by atoms with Gasteiger partial charge in [0.15, 0.2) is 6.10 Å².